The number of carbonyl (C=O) groups excluding carboxylic acids is 2. The van der Waals surface area contributed by atoms with Gasteiger partial charge in [-0.3, -0.25) is 9.59 Å². The SMILES string of the molecule is CC(C)=CC(=O)N1CCCC1n1cncc1C(N)=O. The van der Waals surface area contributed by atoms with Gasteiger partial charge in [0.15, 0.2) is 0 Å². The summed E-state index contributed by atoms with van der Waals surface area (Å²) in [7, 11) is 0. The summed E-state index contributed by atoms with van der Waals surface area (Å²) in [5.74, 6) is -0.564. The minimum atomic E-state index is -0.529. The van der Waals surface area contributed by atoms with E-state index in [1.807, 2.05) is 13.8 Å². The van der Waals surface area contributed by atoms with Crippen molar-refractivity contribution < 1.29 is 9.59 Å². The number of aromatic nitrogens is 2. The van der Waals surface area contributed by atoms with Gasteiger partial charge in [-0.2, -0.15) is 0 Å². The van der Waals surface area contributed by atoms with E-state index in [1.165, 1.54) is 6.20 Å². The van der Waals surface area contributed by atoms with Gasteiger partial charge in [0, 0.05) is 12.6 Å². The molecule has 1 saturated heterocycles. The molecule has 1 aromatic rings. The zero-order valence-corrected chi connectivity index (χ0v) is 11.2. The van der Waals surface area contributed by atoms with Crippen LogP contribution in [0.4, 0.5) is 0 Å². The van der Waals surface area contributed by atoms with Gasteiger partial charge in [0.2, 0.25) is 5.91 Å². The number of hydrogen-bond acceptors (Lipinski definition) is 3. The number of imidazole rings is 1. The quantitative estimate of drug-likeness (QED) is 0.827. The molecule has 2 N–H and O–H groups in total. The van der Waals surface area contributed by atoms with Crippen LogP contribution in [0, 0.1) is 0 Å². The number of nitrogens with two attached hydrogens (primary N) is 1. The molecule has 1 aliphatic heterocycles. The fraction of sp³-hybridized carbons (Fsp3) is 0.462. The highest BCUT2D eigenvalue weighted by atomic mass is 16.2. The van der Waals surface area contributed by atoms with E-state index in [-0.39, 0.29) is 12.1 Å². The molecule has 1 atom stereocenters. The number of hydrogen-bond donors (Lipinski definition) is 1. The summed E-state index contributed by atoms with van der Waals surface area (Å²) in [6, 6.07) is 0. The summed E-state index contributed by atoms with van der Waals surface area (Å²) >= 11 is 0. The number of carbonyl (C=O) groups is 2. The number of rotatable bonds is 3. The minimum absolute atomic E-state index is 0.0355. The van der Waals surface area contributed by atoms with Crippen LogP contribution in [0.15, 0.2) is 24.2 Å². The number of primary amides is 1. The summed E-state index contributed by atoms with van der Waals surface area (Å²) in [4.78, 5) is 29.2. The molecule has 102 valence electrons. The van der Waals surface area contributed by atoms with Gasteiger partial charge in [-0.1, -0.05) is 5.57 Å². The van der Waals surface area contributed by atoms with Crippen LogP contribution < -0.4 is 5.73 Å². The molecule has 1 aliphatic rings. The third-order valence-corrected chi connectivity index (χ3v) is 3.16. The Morgan fingerprint density at radius 1 is 1.47 bits per heavy atom. The lowest BCUT2D eigenvalue weighted by Gasteiger charge is -2.25. The smallest absolute Gasteiger partial charge is 0.267 e. The normalized spacial score (nSPS) is 18.4. The first kappa shape index (κ1) is 13.3. The zero-order chi connectivity index (χ0) is 14.0. The van der Waals surface area contributed by atoms with Crippen LogP contribution in [0.2, 0.25) is 0 Å². The molecule has 19 heavy (non-hydrogen) atoms. The monoisotopic (exact) mass is 262 g/mol. The minimum Gasteiger partial charge on any atom is -0.364 e. The molecule has 2 rings (SSSR count). The van der Waals surface area contributed by atoms with Gasteiger partial charge in [-0.05, 0) is 26.7 Å². The Morgan fingerprint density at radius 2 is 2.21 bits per heavy atom. The Morgan fingerprint density at radius 3 is 2.84 bits per heavy atom. The van der Waals surface area contributed by atoms with Crippen molar-refractivity contribution in [1.82, 2.24) is 14.5 Å². The maximum absolute atomic E-state index is 12.1. The molecule has 6 heteroatoms. The van der Waals surface area contributed by atoms with E-state index in [4.69, 9.17) is 5.73 Å². The van der Waals surface area contributed by atoms with Crippen molar-refractivity contribution in [1.29, 1.82) is 0 Å². The van der Waals surface area contributed by atoms with Crippen LogP contribution in [-0.4, -0.2) is 32.8 Å². The van der Waals surface area contributed by atoms with E-state index >= 15 is 0 Å². The molecule has 0 aromatic carbocycles. The molecule has 0 aliphatic carbocycles. The second-order valence-electron chi connectivity index (χ2n) is 4.93. The zero-order valence-electron chi connectivity index (χ0n) is 11.2. The predicted octanol–water partition coefficient (Wildman–Crippen LogP) is 1.07. The van der Waals surface area contributed by atoms with E-state index in [2.05, 4.69) is 4.98 Å². The lowest BCUT2D eigenvalue weighted by molar-refractivity contribution is -0.128. The van der Waals surface area contributed by atoms with Crippen LogP contribution in [0.1, 0.15) is 43.3 Å². The lowest BCUT2D eigenvalue weighted by Crippen LogP contribution is -2.34. The average molecular weight is 262 g/mol. The lowest BCUT2D eigenvalue weighted by atomic mass is 10.3. The molecule has 0 bridgehead atoms. The second-order valence-corrected chi connectivity index (χ2v) is 4.93. The molecule has 0 saturated carbocycles. The standard InChI is InChI=1S/C13H18N4O2/c1-9(2)6-12(18)16-5-3-4-11(16)17-8-15-7-10(17)13(14)19/h6-8,11H,3-5H2,1-2H3,(H2,14,19). The fourth-order valence-corrected chi connectivity index (χ4v) is 2.36. The van der Waals surface area contributed by atoms with E-state index in [1.54, 1.807) is 21.9 Å². The fourth-order valence-electron chi connectivity index (χ4n) is 2.36. The van der Waals surface area contributed by atoms with Crippen LogP contribution in [0.3, 0.4) is 0 Å². The number of likely N-dealkylation sites (tertiary alicyclic amines) is 1. The maximum atomic E-state index is 12.1. The van der Waals surface area contributed by atoms with E-state index < -0.39 is 5.91 Å². The summed E-state index contributed by atoms with van der Waals surface area (Å²) in [6.45, 7) is 4.45. The van der Waals surface area contributed by atoms with Crippen molar-refractivity contribution in [2.24, 2.45) is 5.73 Å². The third-order valence-electron chi connectivity index (χ3n) is 3.16. The van der Waals surface area contributed by atoms with Crippen molar-refractivity contribution in [3.8, 4) is 0 Å². The highest BCUT2D eigenvalue weighted by molar-refractivity contribution is 5.91. The van der Waals surface area contributed by atoms with Gasteiger partial charge in [-0.15, -0.1) is 0 Å². The van der Waals surface area contributed by atoms with Crippen LogP contribution in [-0.2, 0) is 4.79 Å². The maximum Gasteiger partial charge on any atom is 0.267 e. The third kappa shape index (κ3) is 2.67. The van der Waals surface area contributed by atoms with Crippen LogP contribution in [0.5, 0.6) is 0 Å². The van der Waals surface area contributed by atoms with Gasteiger partial charge in [0.05, 0.1) is 12.5 Å². The molecule has 2 heterocycles. The van der Waals surface area contributed by atoms with E-state index in [0.29, 0.717) is 12.2 Å². The van der Waals surface area contributed by atoms with Crippen LogP contribution in [0.25, 0.3) is 0 Å². The van der Waals surface area contributed by atoms with Gasteiger partial charge in [0.1, 0.15) is 11.9 Å². The molecule has 0 radical (unpaired) electrons. The molecule has 6 nitrogen and oxygen atoms in total. The molecule has 1 unspecified atom stereocenters. The predicted molar refractivity (Wildman–Crippen MR) is 70.2 cm³/mol. The first-order valence-electron chi connectivity index (χ1n) is 6.28. The molecule has 0 spiro atoms. The van der Waals surface area contributed by atoms with Gasteiger partial charge < -0.3 is 15.2 Å². The van der Waals surface area contributed by atoms with Crippen molar-refractivity contribution >= 4 is 11.8 Å². The topological polar surface area (TPSA) is 81.2 Å². The Kier molecular flexibility index (Phi) is 3.69. The van der Waals surface area contributed by atoms with Crippen molar-refractivity contribution in [3.05, 3.63) is 29.9 Å². The highest BCUT2D eigenvalue weighted by Crippen LogP contribution is 2.28. The molecule has 1 aromatic heterocycles. The Balaban J connectivity index is 2.28. The Labute approximate surface area is 111 Å². The van der Waals surface area contributed by atoms with Crippen molar-refractivity contribution in [2.45, 2.75) is 32.9 Å². The summed E-state index contributed by atoms with van der Waals surface area (Å²) in [5, 5.41) is 0. The average Bonchev–Trinajstić information content (AvgIpc) is 2.96. The van der Waals surface area contributed by atoms with Gasteiger partial charge in [-0.25, -0.2) is 4.98 Å². The molecule has 2 amide bonds. The number of amides is 2. The van der Waals surface area contributed by atoms with Crippen molar-refractivity contribution in [3.63, 3.8) is 0 Å². The van der Waals surface area contributed by atoms with Gasteiger partial charge in [0.25, 0.3) is 5.91 Å². The first-order chi connectivity index (χ1) is 9.00. The largest absolute Gasteiger partial charge is 0.364 e. The van der Waals surface area contributed by atoms with E-state index in [0.717, 1.165) is 18.4 Å². The molecule has 1 fully saturated rings. The highest BCUT2D eigenvalue weighted by Gasteiger charge is 2.30. The Hall–Kier alpha value is -2.11. The van der Waals surface area contributed by atoms with Gasteiger partial charge >= 0.3 is 0 Å². The van der Waals surface area contributed by atoms with E-state index in [9.17, 15) is 9.59 Å². The summed E-state index contributed by atoms with van der Waals surface area (Å²) in [6.07, 6.45) is 6.14. The number of nitrogens with zero attached hydrogens (tertiary/aromatic N) is 3. The molecular formula is C13H18N4O2. The Bertz CT molecular complexity index is 529. The first-order valence-corrected chi connectivity index (χ1v) is 6.28. The second kappa shape index (κ2) is 5.26. The molecular weight excluding hydrogens is 244 g/mol. The summed E-state index contributed by atoms with van der Waals surface area (Å²) in [5.41, 5.74) is 6.60. The summed E-state index contributed by atoms with van der Waals surface area (Å²) < 4.78 is 1.69. The van der Waals surface area contributed by atoms with Crippen LogP contribution >= 0.6 is 0 Å². The van der Waals surface area contributed by atoms with Crippen molar-refractivity contribution in [2.75, 3.05) is 6.54 Å². The number of allylic oxidation sites excluding steroid dienone is 1.